The molecule has 1 atom stereocenters. The summed E-state index contributed by atoms with van der Waals surface area (Å²) in [4.78, 5) is 54.7. The highest BCUT2D eigenvalue weighted by Crippen LogP contribution is 2.37. The maximum atomic E-state index is 14.0. The second-order valence-electron chi connectivity index (χ2n) is 9.30. The number of carbonyl (C=O) groups excluding carboxylic acids is 2. The first kappa shape index (κ1) is 33.6. The van der Waals surface area contributed by atoms with Gasteiger partial charge in [0.25, 0.3) is 5.56 Å². The first-order valence-corrected chi connectivity index (χ1v) is 15.1. The number of methoxy groups -OCH3 is 1. The van der Waals surface area contributed by atoms with Crippen LogP contribution in [0.15, 0.2) is 51.4 Å². The largest absolute Gasteiger partial charge is 0.490 e. The van der Waals surface area contributed by atoms with Gasteiger partial charge in [0.15, 0.2) is 35.3 Å². The molecule has 0 aliphatic carbocycles. The fourth-order valence-electron chi connectivity index (χ4n) is 4.47. The minimum Gasteiger partial charge on any atom is -0.490 e. The van der Waals surface area contributed by atoms with Gasteiger partial charge in [-0.15, -0.1) is 0 Å². The molecule has 12 nitrogen and oxygen atoms in total. The number of allylic oxidation sites excluding steroid dienone is 1. The van der Waals surface area contributed by atoms with E-state index < -0.39 is 36.1 Å². The minimum absolute atomic E-state index is 0.00170. The molecule has 0 amide bonds. The van der Waals surface area contributed by atoms with E-state index in [0.29, 0.717) is 21.6 Å². The van der Waals surface area contributed by atoms with E-state index in [2.05, 4.69) is 9.73 Å². The second kappa shape index (κ2) is 14.6. The van der Waals surface area contributed by atoms with Crippen LogP contribution in [0.2, 0.25) is 10.0 Å². The van der Waals surface area contributed by atoms with E-state index in [0.717, 1.165) is 11.3 Å². The first-order valence-electron chi connectivity index (χ1n) is 13.5. The van der Waals surface area contributed by atoms with Crippen molar-refractivity contribution in [2.24, 2.45) is 4.99 Å². The average Bonchev–Trinajstić information content (AvgIpc) is 3.28. The molecule has 1 aromatic heterocycles. The van der Waals surface area contributed by atoms with Crippen molar-refractivity contribution in [1.82, 2.24) is 4.57 Å². The number of hydrogen-bond acceptors (Lipinski definition) is 11. The third-order valence-corrected chi connectivity index (χ3v) is 7.88. The summed E-state index contributed by atoms with van der Waals surface area (Å²) in [6, 6.07) is 6.88. The van der Waals surface area contributed by atoms with E-state index in [4.69, 9.17) is 47.3 Å². The van der Waals surface area contributed by atoms with Crippen molar-refractivity contribution < 1.29 is 43.2 Å². The van der Waals surface area contributed by atoms with Crippen molar-refractivity contribution >= 4 is 58.5 Å². The fourth-order valence-corrected chi connectivity index (χ4v) is 6.13. The zero-order valence-electron chi connectivity index (χ0n) is 24.5. The molecule has 2 heterocycles. The Morgan fingerprint density at radius 1 is 1.02 bits per heavy atom. The molecule has 0 fully saturated rings. The van der Waals surface area contributed by atoms with E-state index in [-0.39, 0.29) is 57.2 Å². The molecule has 0 saturated carbocycles. The first-order chi connectivity index (χ1) is 21.5. The van der Waals surface area contributed by atoms with Gasteiger partial charge >= 0.3 is 17.9 Å². The molecule has 3 aromatic rings. The van der Waals surface area contributed by atoms with Gasteiger partial charge in [-0.3, -0.25) is 9.36 Å². The van der Waals surface area contributed by atoms with E-state index in [1.165, 1.54) is 23.8 Å². The van der Waals surface area contributed by atoms with Crippen molar-refractivity contribution in [1.29, 1.82) is 0 Å². The smallest absolute Gasteiger partial charge is 0.343 e. The third kappa shape index (κ3) is 7.49. The van der Waals surface area contributed by atoms with Crippen LogP contribution in [-0.2, 0) is 23.9 Å². The highest BCUT2D eigenvalue weighted by Gasteiger charge is 2.34. The normalized spacial score (nSPS) is 14.4. The van der Waals surface area contributed by atoms with Crippen molar-refractivity contribution in [2.75, 3.05) is 33.5 Å². The molecule has 4 rings (SSSR count). The summed E-state index contributed by atoms with van der Waals surface area (Å²) < 4.78 is 28.2. The number of benzene rings is 2. The summed E-state index contributed by atoms with van der Waals surface area (Å²) in [6.45, 7) is 4.49. The summed E-state index contributed by atoms with van der Waals surface area (Å²) in [5.41, 5.74) is 1.01. The molecule has 1 aliphatic rings. The Morgan fingerprint density at radius 2 is 1.73 bits per heavy atom. The number of hydrogen-bond donors (Lipinski definition) is 1. The Balaban J connectivity index is 1.87. The van der Waals surface area contributed by atoms with Crippen molar-refractivity contribution in [3.8, 4) is 17.2 Å². The lowest BCUT2D eigenvalue weighted by atomic mass is 9.95. The molecule has 0 unspecified atom stereocenters. The third-order valence-electron chi connectivity index (χ3n) is 6.33. The van der Waals surface area contributed by atoms with Crippen LogP contribution < -0.4 is 29.1 Å². The average molecular weight is 680 g/mol. The lowest BCUT2D eigenvalue weighted by molar-refractivity contribution is -0.143. The molecule has 1 aliphatic heterocycles. The van der Waals surface area contributed by atoms with E-state index in [1.807, 2.05) is 0 Å². The van der Waals surface area contributed by atoms with Gasteiger partial charge in [0.05, 0.1) is 52.2 Å². The number of rotatable bonds is 12. The van der Waals surface area contributed by atoms with Crippen LogP contribution in [0.3, 0.4) is 0 Å². The summed E-state index contributed by atoms with van der Waals surface area (Å²) in [7, 11) is 1.24. The van der Waals surface area contributed by atoms with Crippen molar-refractivity contribution in [2.45, 2.75) is 26.8 Å². The topological polar surface area (TPSA) is 152 Å². The molecule has 45 heavy (non-hydrogen) atoms. The summed E-state index contributed by atoms with van der Waals surface area (Å²) in [6.07, 6.45) is 1.55. The minimum atomic E-state index is -1.20. The predicted molar refractivity (Wildman–Crippen MR) is 165 cm³/mol. The van der Waals surface area contributed by atoms with Gasteiger partial charge in [0, 0.05) is 0 Å². The highest BCUT2D eigenvalue weighted by molar-refractivity contribution is 7.07. The number of esters is 2. The maximum absolute atomic E-state index is 14.0. The number of aromatic nitrogens is 1. The number of aliphatic carboxylic acids is 1. The Kier molecular flexibility index (Phi) is 10.9. The van der Waals surface area contributed by atoms with Crippen LogP contribution in [0.5, 0.6) is 17.2 Å². The van der Waals surface area contributed by atoms with Crippen LogP contribution in [0.25, 0.3) is 6.08 Å². The number of thiazole rings is 1. The Hall–Kier alpha value is -4.33. The zero-order chi connectivity index (χ0) is 32.8. The van der Waals surface area contributed by atoms with Gasteiger partial charge < -0.3 is 28.8 Å². The molecular formula is C30H28Cl2N2O10S. The standard InChI is InChI=1S/C30H28Cl2N2O10S/c1-5-41-21-12-17(7-8-20(21)43-14-24(37)40-4)26-25(29(39)42-6-2)15(3)33-30-34(26)28(38)22(45-30)11-16-9-18(31)27(19(32)10-16)44-13-23(35)36/h7-12,26H,5-6,13-14H2,1-4H3,(H,35,36)/b22-11-/t26-/m0/s1. The zero-order valence-corrected chi connectivity index (χ0v) is 26.9. The molecule has 2 aromatic carbocycles. The number of nitrogens with zero attached hydrogens (tertiary/aromatic N) is 2. The Labute approximate surface area is 270 Å². The Bertz CT molecular complexity index is 1840. The van der Waals surface area contributed by atoms with E-state index in [1.54, 1.807) is 45.0 Å². The maximum Gasteiger partial charge on any atom is 0.343 e. The van der Waals surface area contributed by atoms with Gasteiger partial charge in [0.1, 0.15) is 0 Å². The molecule has 1 N–H and O–H groups in total. The van der Waals surface area contributed by atoms with Crippen molar-refractivity contribution in [3.63, 3.8) is 0 Å². The SMILES string of the molecule is CCOC(=O)C1=C(C)N=c2s/c(=C\c3cc(Cl)c(OCC(=O)O)c(Cl)c3)c(=O)n2[C@H]1c1ccc(OCC(=O)OC)c(OCC)c1. The number of ether oxygens (including phenoxy) is 5. The lowest BCUT2D eigenvalue weighted by Gasteiger charge is -2.25. The Morgan fingerprint density at radius 3 is 2.36 bits per heavy atom. The van der Waals surface area contributed by atoms with E-state index >= 15 is 0 Å². The van der Waals surface area contributed by atoms with E-state index in [9.17, 15) is 19.2 Å². The van der Waals surface area contributed by atoms with Gasteiger partial charge in [-0.25, -0.2) is 19.4 Å². The number of fused-ring (bicyclic) bond motifs is 1. The molecule has 238 valence electrons. The summed E-state index contributed by atoms with van der Waals surface area (Å²) in [5, 5.41) is 9.02. The van der Waals surface area contributed by atoms with Gasteiger partial charge in [0.2, 0.25) is 0 Å². The number of halogens is 2. The van der Waals surface area contributed by atoms with Gasteiger partial charge in [-0.05, 0) is 62.2 Å². The van der Waals surface area contributed by atoms with Crippen LogP contribution in [0, 0.1) is 0 Å². The molecule has 15 heteroatoms. The van der Waals surface area contributed by atoms with Crippen LogP contribution in [0.1, 0.15) is 37.9 Å². The number of carboxylic acids is 1. The van der Waals surface area contributed by atoms with Gasteiger partial charge in [-0.2, -0.15) is 0 Å². The molecular weight excluding hydrogens is 651 g/mol. The fraction of sp³-hybridized carbons (Fsp3) is 0.300. The highest BCUT2D eigenvalue weighted by atomic mass is 35.5. The molecule has 0 saturated heterocycles. The van der Waals surface area contributed by atoms with Crippen LogP contribution in [0.4, 0.5) is 0 Å². The number of carboxylic acid groups (broad SMARTS) is 1. The van der Waals surface area contributed by atoms with Crippen molar-refractivity contribution in [3.05, 3.63) is 82.5 Å². The molecule has 0 radical (unpaired) electrons. The predicted octanol–water partition coefficient (Wildman–Crippen LogP) is 3.52. The second-order valence-corrected chi connectivity index (χ2v) is 11.1. The number of carbonyl (C=O) groups is 3. The molecule has 0 bridgehead atoms. The lowest BCUT2D eigenvalue weighted by Crippen LogP contribution is -2.40. The quantitative estimate of drug-likeness (QED) is 0.282. The summed E-state index contributed by atoms with van der Waals surface area (Å²) >= 11 is 13.7. The van der Waals surface area contributed by atoms with Crippen LogP contribution in [-0.4, -0.2) is 61.1 Å². The molecule has 0 spiro atoms. The van der Waals surface area contributed by atoms with Gasteiger partial charge in [-0.1, -0.05) is 40.6 Å². The van der Waals surface area contributed by atoms with Crippen LogP contribution >= 0.6 is 34.5 Å². The summed E-state index contributed by atoms with van der Waals surface area (Å²) in [5.74, 6) is -1.87. The monoisotopic (exact) mass is 678 g/mol.